The Balaban J connectivity index is 2.33. The van der Waals surface area contributed by atoms with Gasteiger partial charge in [0, 0.05) is 11.1 Å². The largest absolute Gasteiger partial charge is 0.489 e. The average molecular weight is 224 g/mol. The van der Waals surface area contributed by atoms with E-state index in [2.05, 4.69) is 0 Å². The first-order valence-corrected chi connectivity index (χ1v) is 4.89. The summed E-state index contributed by atoms with van der Waals surface area (Å²) >= 11 is 5.83. The predicted molar refractivity (Wildman–Crippen MR) is 53.6 cm³/mol. The smallest absolute Gasteiger partial charge is 0.299 e. The van der Waals surface area contributed by atoms with Crippen molar-refractivity contribution in [2.24, 2.45) is 0 Å². The number of nitrogens with zero attached hydrogens (tertiary/aromatic N) is 1. The summed E-state index contributed by atoms with van der Waals surface area (Å²) in [6.45, 7) is 0.817. The van der Waals surface area contributed by atoms with Gasteiger partial charge in [0.05, 0.1) is 17.8 Å². The van der Waals surface area contributed by atoms with Crippen molar-refractivity contribution in [3.05, 3.63) is 22.7 Å². The number of anilines is 1. The number of ketones is 1. The number of hydrogen-bond acceptors (Lipinski definition) is 3. The number of Topliss-reactive ketones (excluding diaryl/α,β-unsaturated/α-hetero) is 1. The summed E-state index contributed by atoms with van der Waals surface area (Å²) < 4.78 is 5.36. The van der Waals surface area contributed by atoms with Crippen molar-refractivity contribution in [2.45, 2.75) is 0 Å². The van der Waals surface area contributed by atoms with Crippen LogP contribution < -0.4 is 9.64 Å². The molecule has 0 atom stereocenters. The van der Waals surface area contributed by atoms with E-state index in [0.717, 1.165) is 0 Å². The third kappa shape index (κ3) is 1.02. The maximum Gasteiger partial charge on any atom is 0.299 e. The van der Waals surface area contributed by atoms with Gasteiger partial charge in [0.25, 0.3) is 11.7 Å². The quantitative estimate of drug-likeness (QED) is 0.622. The van der Waals surface area contributed by atoms with E-state index in [1.807, 2.05) is 0 Å². The third-order valence-electron chi connectivity index (χ3n) is 2.57. The minimum Gasteiger partial charge on any atom is -0.489 e. The Hall–Kier alpha value is -1.55. The van der Waals surface area contributed by atoms with Crippen molar-refractivity contribution in [2.75, 3.05) is 18.1 Å². The van der Waals surface area contributed by atoms with Gasteiger partial charge in [0.2, 0.25) is 0 Å². The topological polar surface area (TPSA) is 46.6 Å². The molecule has 0 N–H and O–H groups in total. The number of hydrogen-bond donors (Lipinski definition) is 0. The van der Waals surface area contributed by atoms with Gasteiger partial charge in [-0.05, 0) is 6.07 Å². The second-order valence-electron chi connectivity index (χ2n) is 3.43. The summed E-state index contributed by atoms with van der Waals surface area (Å²) in [5.74, 6) is -0.473. The zero-order chi connectivity index (χ0) is 10.6. The molecule has 15 heavy (non-hydrogen) atoms. The molecule has 5 heteroatoms. The Kier molecular flexibility index (Phi) is 1.59. The molecule has 0 unspecified atom stereocenters. The summed E-state index contributed by atoms with van der Waals surface area (Å²) in [6.07, 6.45) is 0. The first-order chi connectivity index (χ1) is 7.18. The zero-order valence-corrected chi connectivity index (χ0v) is 8.37. The molecule has 0 bridgehead atoms. The van der Waals surface area contributed by atoms with E-state index in [0.29, 0.717) is 35.2 Å². The third-order valence-corrected chi connectivity index (χ3v) is 2.78. The Morgan fingerprint density at radius 3 is 2.93 bits per heavy atom. The maximum absolute atomic E-state index is 11.6. The van der Waals surface area contributed by atoms with Crippen LogP contribution in [-0.2, 0) is 4.79 Å². The van der Waals surface area contributed by atoms with E-state index in [4.69, 9.17) is 16.3 Å². The monoisotopic (exact) mass is 223 g/mol. The molecular weight excluding hydrogens is 218 g/mol. The van der Waals surface area contributed by atoms with Gasteiger partial charge in [-0.3, -0.25) is 14.5 Å². The van der Waals surface area contributed by atoms with Crippen LogP contribution in [0, 0.1) is 0 Å². The molecule has 1 amide bonds. The van der Waals surface area contributed by atoms with E-state index >= 15 is 0 Å². The number of carbonyl (C=O) groups excluding carboxylic acids is 2. The van der Waals surface area contributed by atoms with Gasteiger partial charge in [-0.2, -0.15) is 0 Å². The maximum atomic E-state index is 11.6. The summed E-state index contributed by atoms with van der Waals surface area (Å²) in [7, 11) is 0. The van der Waals surface area contributed by atoms with Crippen LogP contribution in [0.3, 0.4) is 0 Å². The number of rotatable bonds is 0. The van der Waals surface area contributed by atoms with Gasteiger partial charge in [0.15, 0.2) is 0 Å². The van der Waals surface area contributed by atoms with Gasteiger partial charge >= 0.3 is 0 Å². The normalized spacial score (nSPS) is 17.8. The van der Waals surface area contributed by atoms with E-state index < -0.39 is 11.7 Å². The Morgan fingerprint density at radius 1 is 1.33 bits per heavy atom. The highest BCUT2D eigenvalue weighted by Crippen LogP contribution is 2.41. The molecule has 0 aromatic heterocycles. The van der Waals surface area contributed by atoms with E-state index in [1.165, 1.54) is 11.0 Å². The molecule has 0 saturated heterocycles. The highest BCUT2D eigenvalue weighted by atomic mass is 35.5. The standard InChI is InChI=1S/C10H6ClNO3/c11-5-3-6-8-7(4-5)15-2-1-12(8)10(14)9(6)13/h3-4H,1-2H2. The first-order valence-electron chi connectivity index (χ1n) is 4.51. The van der Waals surface area contributed by atoms with Gasteiger partial charge in [-0.15, -0.1) is 0 Å². The molecule has 0 fully saturated rings. The molecule has 2 aliphatic rings. The van der Waals surface area contributed by atoms with Gasteiger partial charge in [-0.1, -0.05) is 11.6 Å². The number of amides is 1. The fraction of sp³-hybridized carbons (Fsp3) is 0.200. The number of carbonyl (C=O) groups is 2. The molecule has 0 spiro atoms. The molecule has 4 nitrogen and oxygen atoms in total. The van der Waals surface area contributed by atoms with Crippen LogP contribution in [0.25, 0.3) is 0 Å². The summed E-state index contributed by atoms with van der Waals surface area (Å²) in [5.41, 5.74) is 0.919. The van der Waals surface area contributed by atoms with Crippen LogP contribution in [0.4, 0.5) is 5.69 Å². The van der Waals surface area contributed by atoms with Crippen molar-refractivity contribution in [3.63, 3.8) is 0 Å². The van der Waals surface area contributed by atoms with Crippen LogP contribution >= 0.6 is 11.6 Å². The van der Waals surface area contributed by atoms with Crippen molar-refractivity contribution in [1.82, 2.24) is 0 Å². The van der Waals surface area contributed by atoms with E-state index in [1.54, 1.807) is 6.07 Å². The molecular formula is C10H6ClNO3. The van der Waals surface area contributed by atoms with Gasteiger partial charge < -0.3 is 4.74 Å². The van der Waals surface area contributed by atoms with Crippen LogP contribution in [-0.4, -0.2) is 24.8 Å². The van der Waals surface area contributed by atoms with Crippen molar-refractivity contribution >= 4 is 29.0 Å². The second-order valence-corrected chi connectivity index (χ2v) is 3.87. The molecule has 1 aromatic rings. The van der Waals surface area contributed by atoms with E-state index in [9.17, 15) is 9.59 Å². The summed E-state index contributed by atoms with van der Waals surface area (Å²) in [4.78, 5) is 24.6. The van der Waals surface area contributed by atoms with Crippen molar-refractivity contribution in [3.8, 4) is 5.75 Å². The summed E-state index contributed by atoms with van der Waals surface area (Å²) in [6, 6.07) is 3.13. The van der Waals surface area contributed by atoms with Crippen LogP contribution in [0.15, 0.2) is 12.1 Å². The first kappa shape index (κ1) is 8.73. The minimum atomic E-state index is -0.501. The van der Waals surface area contributed by atoms with Gasteiger partial charge in [-0.25, -0.2) is 0 Å². The van der Waals surface area contributed by atoms with Crippen LogP contribution in [0.1, 0.15) is 10.4 Å². The van der Waals surface area contributed by atoms with Crippen LogP contribution in [0.2, 0.25) is 5.02 Å². The fourth-order valence-corrected chi connectivity index (χ4v) is 2.14. The highest BCUT2D eigenvalue weighted by molar-refractivity contribution is 6.53. The number of ether oxygens (including phenoxy) is 1. The number of benzene rings is 1. The molecule has 1 aromatic carbocycles. The molecule has 76 valence electrons. The van der Waals surface area contributed by atoms with Crippen molar-refractivity contribution < 1.29 is 14.3 Å². The molecule has 0 saturated carbocycles. The molecule has 3 rings (SSSR count). The molecule has 2 aliphatic heterocycles. The molecule has 0 aliphatic carbocycles. The van der Waals surface area contributed by atoms with E-state index in [-0.39, 0.29) is 0 Å². The average Bonchev–Trinajstić information content (AvgIpc) is 2.46. The Labute approximate surface area is 90.4 Å². The lowest BCUT2D eigenvalue weighted by Gasteiger charge is -2.24. The zero-order valence-electron chi connectivity index (χ0n) is 7.62. The Morgan fingerprint density at radius 2 is 2.13 bits per heavy atom. The SMILES string of the molecule is O=C1C(=O)N2CCOc3cc(Cl)cc1c32. The lowest BCUT2D eigenvalue weighted by molar-refractivity contribution is -0.114. The highest BCUT2D eigenvalue weighted by Gasteiger charge is 2.40. The lowest BCUT2D eigenvalue weighted by Crippen LogP contribution is -2.36. The number of halogens is 1. The van der Waals surface area contributed by atoms with Gasteiger partial charge in [0.1, 0.15) is 12.4 Å². The fourth-order valence-electron chi connectivity index (χ4n) is 1.94. The second kappa shape index (κ2) is 2.73. The lowest BCUT2D eigenvalue weighted by atomic mass is 10.1. The minimum absolute atomic E-state index is 0.349. The predicted octanol–water partition coefficient (Wildman–Crippen LogP) is 1.26. The van der Waals surface area contributed by atoms with Crippen LogP contribution in [0.5, 0.6) is 5.75 Å². The van der Waals surface area contributed by atoms with Crippen molar-refractivity contribution in [1.29, 1.82) is 0 Å². The summed E-state index contributed by atoms with van der Waals surface area (Å²) in [5, 5.41) is 0.411. The molecule has 2 heterocycles. The Bertz CT molecular complexity index is 498. The molecule has 0 radical (unpaired) electrons.